The van der Waals surface area contributed by atoms with Crippen LogP contribution in [0.15, 0.2) is 18.2 Å². The van der Waals surface area contributed by atoms with E-state index in [-0.39, 0.29) is 5.91 Å². The number of nitrogens with one attached hydrogen (secondary N) is 1. The summed E-state index contributed by atoms with van der Waals surface area (Å²) in [6, 6.07) is 6.28. The van der Waals surface area contributed by atoms with Gasteiger partial charge in [-0.3, -0.25) is 4.79 Å². The molecule has 0 spiro atoms. The molecule has 0 radical (unpaired) electrons. The molecule has 114 valence electrons. The maximum atomic E-state index is 12.5. The summed E-state index contributed by atoms with van der Waals surface area (Å²) in [4.78, 5) is 14.5. The zero-order valence-corrected chi connectivity index (χ0v) is 13.3. The van der Waals surface area contributed by atoms with Crippen LogP contribution in [0.4, 0.5) is 0 Å². The van der Waals surface area contributed by atoms with Gasteiger partial charge in [0.2, 0.25) is 0 Å². The van der Waals surface area contributed by atoms with Crippen molar-refractivity contribution in [2.45, 2.75) is 38.6 Å². The lowest BCUT2D eigenvalue weighted by atomic mass is 9.88. The Balaban J connectivity index is 1.60. The number of carbonyl (C=O) groups is 1. The summed E-state index contributed by atoms with van der Waals surface area (Å²) in [5.41, 5.74) is 1.72. The maximum absolute atomic E-state index is 12.5. The van der Waals surface area contributed by atoms with Crippen LogP contribution in [0, 0.1) is 12.8 Å². The first kappa shape index (κ1) is 14.9. The molecule has 21 heavy (non-hydrogen) atoms. The third-order valence-electron chi connectivity index (χ3n) is 4.91. The van der Waals surface area contributed by atoms with Gasteiger partial charge in [-0.25, -0.2) is 0 Å². The molecule has 4 heteroatoms. The molecule has 0 bridgehead atoms. The molecular formula is C17H23ClN2O. The van der Waals surface area contributed by atoms with E-state index in [0.29, 0.717) is 16.6 Å². The molecular weight excluding hydrogens is 284 g/mol. The highest BCUT2D eigenvalue weighted by atomic mass is 35.5. The second-order valence-electron chi connectivity index (χ2n) is 6.30. The molecule has 2 saturated heterocycles. The lowest BCUT2D eigenvalue weighted by molar-refractivity contribution is 0.0674. The third kappa shape index (κ3) is 3.24. The van der Waals surface area contributed by atoms with Gasteiger partial charge in [-0.15, -0.1) is 0 Å². The lowest BCUT2D eigenvalue weighted by Gasteiger charge is -2.35. The van der Waals surface area contributed by atoms with Crippen LogP contribution in [-0.4, -0.2) is 36.5 Å². The van der Waals surface area contributed by atoms with Gasteiger partial charge in [-0.05, 0) is 62.8 Å². The van der Waals surface area contributed by atoms with E-state index < -0.39 is 0 Å². The van der Waals surface area contributed by atoms with E-state index >= 15 is 0 Å². The Kier molecular flexibility index (Phi) is 4.51. The number of hydrogen-bond acceptors (Lipinski definition) is 2. The molecule has 1 atom stereocenters. The predicted octanol–water partition coefficient (Wildman–Crippen LogP) is 3.25. The Morgan fingerprint density at radius 2 is 2.05 bits per heavy atom. The van der Waals surface area contributed by atoms with Gasteiger partial charge < -0.3 is 10.2 Å². The Morgan fingerprint density at radius 1 is 1.29 bits per heavy atom. The van der Waals surface area contributed by atoms with Crippen LogP contribution in [0.2, 0.25) is 5.02 Å². The number of halogens is 1. The number of nitrogens with zero attached hydrogens (tertiary/aromatic N) is 1. The van der Waals surface area contributed by atoms with Crippen LogP contribution in [0.25, 0.3) is 0 Å². The summed E-state index contributed by atoms with van der Waals surface area (Å²) in [6.07, 6.45) is 4.82. The topological polar surface area (TPSA) is 32.3 Å². The molecule has 3 nitrogen and oxygen atoms in total. The molecule has 0 aromatic heterocycles. The Labute approximate surface area is 131 Å². The van der Waals surface area contributed by atoms with Crippen molar-refractivity contribution >= 4 is 17.5 Å². The first-order valence-corrected chi connectivity index (χ1v) is 8.32. The van der Waals surface area contributed by atoms with Crippen molar-refractivity contribution in [3.05, 3.63) is 34.3 Å². The van der Waals surface area contributed by atoms with E-state index in [2.05, 4.69) is 5.32 Å². The molecule has 2 heterocycles. The van der Waals surface area contributed by atoms with Crippen molar-refractivity contribution in [3.63, 3.8) is 0 Å². The number of rotatable bonds is 2. The fourth-order valence-corrected chi connectivity index (χ4v) is 3.71. The number of hydrogen-bond donors (Lipinski definition) is 1. The molecule has 3 rings (SSSR count). The highest BCUT2D eigenvalue weighted by Gasteiger charge is 2.30. The van der Waals surface area contributed by atoms with Crippen LogP contribution in [0.5, 0.6) is 0 Å². The number of amides is 1. The molecule has 1 unspecified atom stereocenters. The second-order valence-corrected chi connectivity index (χ2v) is 6.70. The van der Waals surface area contributed by atoms with Crippen molar-refractivity contribution < 1.29 is 4.79 Å². The Morgan fingerprint density at radius 3 is 2.67 bits per heavy atom. The lowest BCUT2D eigenvalue weighted by Crippen LogP contribution is -2.43. The average Bonchev–Trinajstić information content (AvgIpc) is 3.04. The van der Waals surface area contributed by atoms with Gasteiger partial charge in [0.15, 0.2) is 0 Å². The molecule has 2 fully saturated rings. The normalized spacial score (nSPS) is 23.5. The SMILES string of the molecule is Cc1ccc(C(=O)N2CCC(C3CCCN3)CC2)cc1Cl. The molecule has 1 amide bonds. The smallest absolute Gasteiger partial charge is 0.253 e. The van der Waals surface area contributed by atoms with Crippen LogP contribution in [0.1, 0.15) is 41.6 Å². The molecule has 2 aliphatic rings. The summed E-state index contributed by atoms with van der Waals surface area (Å²) in [6.45, 7) is 4.85. The van der Waals surface area contributed by atoms with Crippen molar-refractivity contribution in [3.8, 4) is 0 Å². The van der Waals surface area contributed by atoms with Gasteiger partial charge in [0.25, 0.3) is 5.91 Å². The first-order chi connectivity index (χ1) is 10.1. The van der Waals surface area contributed by atoms with Crippen LogP contribution in [0.3, 0.4) is 0 Å². The van der Waals surface area contributed by atoms with Crippen molar-refractivity contribution in [2.24, 2.45) is 5.92 Å². The summed E-state index contributed by atoms with van der Waals surface area (Å²) in [7, 11) is 0. The minimum atomic E-state index is 0.120. The standard InChI is InChI=1S/C17H23ClN2O/c1-12-4-5-14(11-15(12)18)17(21)20-9-6-13(7-10-20)16-3-2-8-19-16/h4-5,11,13,16,19H,2-3,6-10H2,1H3. The Hall–Kier alpha value is -1.06. The van der Waals surface area contributed by atoms with Gasteiger partial charge in [0.05, 0.1) is 0 Å². The third-order valence-corrected chi connectivity index (χ3v) is 5.32. The van der Waals surface area contributed by atoms with Crippen molar-refractivity contribution in [2.75, 3.05) is 19.6 Å². The fourth-order valence-electron chi connectivity index (χ4n) is 3.53. The van der Waals surface area contributed by atoms with Gasteiger partial charge in [0.1, 0.15) is 0 Å². The molecule has 1 aromatic rings. The van der Waals surface area contributed by atoms with Gasteiger partial charge in [-0.1, -0.05) is 17.7 Å². The highest BCUT2D eigenvalue weighted by molar-refractivity contribution is 6.31. The van der Waals surface area contributed by atoms with E-state index in [0.717, 1.165) is 44.0 Å². The number of likely N-dealkylation sites (tertiary alicyclic amines) is 1. The van der Waals surface area contributed by atoms with Gasteiger partial charge in [-0.2, -0.15) is 0 Å². The minimum absolute atomic E-state index is 0.120. The number of carbonyl (C=O) groups excluding carboxylic acids is 1. The minimum Gasteiger partial charge on any atom is -0.339 e. The summed E-state index contributed by atoms with van der Waals surface area (Å²) in [5.74, 6) is 0.855. The predicted molar refractivity (Wildman–Crippen MR) is 85.8 cm³/mol. The van der Waals surface area contributed by atoms with E-state index in [4.69, 9.17) is 11.6 Å². The second kappa shape index (κ2) is 6.37. The summed E-state index contributed by atoms with van der Waals surface area (Å²) in [5, 5.41) is 4.27. The highest BCUT2D eigenvalue weighted by Crippen LogP contribution is 2.27. The largest absolute Gasteiger partial charge is 0.339 e. The zero-order chi connectivity index (χ0) is 14.8. The number of benzene rings is 1. The molecule has 1 N–H and O–H groups in total. The van der Waals surface area contributed by atoms with Crippen LogP contribution >= 0.6 is 11.6 Å². The monoisotopic (exact) mass is 306 g/mol. The summed E-state index contributed by atoms with van der Waals surface area (Å²) < 4.78 is 0. The quantitative estimate of drug-likeness (QED) is 0.909. The number of aryl methyl sites for hydroxylation is 1. The van der Waals surface area contributed by atoms with E-state index in [1.807, 2.05) is 24.0 Å². The first-order valence-electron chi connectivity index (χ1n) is 7.94. The molecule has 0 saturated carbocycles. The van der Waals surface area contributed by atoms with E-state index in [1.54, 1.807) is 6.07 Å². The number of piperidine rings is 1. The maximum Gasteiger partial charge on any atom is 0.253 e. The van der Waals surface area contributed by atoms with Gasteiger partial charge >= 0.3 is 0 Å². The van der Waals surface area contributed by atoms with Crippen molar-refractivity contribution in [1.29, 1.82) is 0 Å². The van der Waals surface area contributed by atoms with Crippen LogP contribution in [-0.2, 0) is 0 Å². The van der Waals surface area contributed by atoms with E-state index in [1.165, 1.54) is 12.8 Å². The van der Waals surface area contributed by atoms with Crippen LogP contribution < -0.4 is 5.32 Å². The Bertz CT molecular complexity index is 518. The average molecular weight is 307 g/mol. The molecule has 0 aliphatic carbocycles. The molecule has 2 aliphatic heterocycles. The van der Waals surface area contributed by atoms with Crippen molar-refractivity contribution in [1.82, 2.24) is 10.2 Å². The zero-order valence-electron chi connectivity index (χ0n) is 12.6. The summed E-state index contributed by atoms with van der Waals surface area (Å²) >= 11 is 6.13. The molecule has 1 aromatic carbocycles. The van der Waals surface area contributed by atoms with Gasteiger partial charge in [0, 0.05) is 29.7 Å². The fraction of sp³-hybridized carbons (Fsp3) is 0.588. The van der Waals surface area contributed by atoms with E-state index in [9.17, 15) is 4.79 Å².